The highest BCUT2D eigenvalue weighted by Gasteiger charge is 2.27. The minimum absolute atomic E-state index is 0.614. The Morgan fingerprint density at radius 1 is 1.11 bits per heavy atom. The summed E-state index contributed by atoms with van der Waals surface area (Å²) >= 11 is 0. The van der Waals surface area contributed by atoms with Crippen molar-refractivity contribution in [2.45, 2.75) is 26.7 Å². The Kier molecular flexibility index (Phi) is 3.31. The minimum Gasteiger partial charge on any atom is -0.383 e. The zero-order chi connectivity index (χ0) is 13.4. The van der Waals surface area contributed by atoms with Crippen molar-refractivity contribution in [1.82, 2.24) is 14.9 Å². The lowest BCUT2D eigenvalue weighted by atomic mass is 10.2. The molecular formula is C14H23N5. The molecule has 0 atom stereocenters. The van der Waals surface area contributed by atoms with E-state index in [0.717, 1.165) is 49.3 Å². The fourth-order valence-electron chi connectivity index (χ4n) is 2.75. The molecule has 0 radical (unpaired) electrons. The first-order valence-electron chi connectivity index (χ1n) is 7.21. The van der Waals surface area contributed by atoms with Crippen molar-refractivity contribution in [3.63, 3.8) is 0 Å². The highest BCUT2D eigenvalue weighted by Crippen LogP contribution is 2.30. The minimum atomic E-state index is 0.614. The van der Waals surface area contributed by atoms with Crippen LogP contribution < -0.4 is 10.6 Å². The highest BCUT2D eigenvalue weighted by atomic mass is 15.3. The molecular weight excluding hydrogens is 238 g/mol. The van der Waals surface area contributed by atoms with Gasteiger partial charge >= 0.3 is 0 Å². The third kappa shape index (κ3) is 2.81. The summed E-state index contributed by atoms with van der Waals surface area (Å²) in [5, 5.41) is 0. The van der Waals surface area contributed by atoms with E-state index in [-0.39, 0.29) is 0 Å². The fourth-order valence-corrected chi connectivity index (χ4v) is 2.75. The SMILES string of the molecule is Cc1nc(N)c(C)c(N2CCN(CC3CC3)CC2)n1. The summed E-state index contributed by atoms with van der Waals surface area (Å²) in [7, 11) is 0. The van der Waals surface area contributed by atoms with Crippen LogP contribution in [-0.2, 0) is 0 Å². The fraction of sp³-hybridized carbons (Fsp3) is 0.714. The van der Waals surface area contributed by atoms with Crippen molar-refractivity contribution >= 4 is 11.6 Å². The molecule has 2 fully saturated rings. The maximum atomic E-state index is 5.94. The van der Waals surface area contributed by atoms with Crippen molar-refractivity contribution in [2.24, 2.45) is 5.92 Å². The Balaban J connectivity index is 1.67. The van der Waals surface area contributed by atoms with Crippen LogP contribution in [0.3, 0.4) is 0 Å². The Morgan fingerprint density at radius 2 is 1.79 bits per heavy atom. The van der Waals surface area contributed by atoms with E-state index in [4.69, 9.17) is 5.73 Å². The summed E-state index contributed by atoms with van der Waals surface area (Å²) in [6.07, 6.45) is 2.86. The molecule has 3 rings (SSSR count). The molecule has 2 N–H and O–H groups in total. The van der Waals surface area contributed by atoms with Crippen molar-refractivity contribution in [1.29, 1.82) is 0 Å². The predicted molar refractivity (Wildman–Crippen MR) is 77.3 cm³/mol. The number of piperazine rings is 1. The first kappa shape index (κ1) is 12.7. The third-order valence-electron chi connectivity index (χ3n) is 4.15. The maximum absolute atomic E-state index is 5.94. The number of nitrogens with two attached hydrogens (primary N) is 1. The van der Waals surface area contributed by atoms with Gasteiger partial charge in [-0.15, -0.1) is 0 Å². The van der Waals surface area contributed by atoms with Gasteiger partial charge in [-0.3, -0.25) is 4.90 Å². The number of nitrogens with zero attached hydrogens (tertiary/aromatic N) is 4. The van der Waals surface area contributed by atoms with Crippen molar-refractivity contribution in [3.05, 3.63) is 11.4 Å². The van der Waals surface area contributed by atoms with E-state index in [1.165, 1.54) is 19.4 Å². The molecule has 5 nitrogen and oxygen atoms in total. The zero-order valence-electron chi connectivity index (χ0n) is 11.9. The van der Waals surface area contributed by atoms with Crippen LogP contribution in [0.5, 0.6) is 0 Å². The van der Waals surface area contributed by atoms with Crippen LogP contribution in [0.4, 0.5) is 11.6 Å². The topological polar surface area (TPSA) is 58.3 Å². The molecule has 1 aliphatic carbocycles. The summed E-state index contributed by atoms with van der Waals surface area (Å²) in [6, 6.07) is 0. The van der Waals surface area contributed by atoms with Gasteiger partial charge in [0.2, 0.25) is 0 Å². The van der Waals surface area contributed by atoms with Gasteiger partial charge in [-0.2, -0.15) is 0 Å². The molecule has 0 bridgehead atoms. The van der Waals surface area contributed by atoms with Gasteiger partial charge in [0.1, 0.15) is 17.5 Å². The van der Waals surface area contributed by atoms with Gasteiger partial charge in [-0.25, -0.2) is 9.97 Å². The summed E-state index contributed by atoms with van der Waals surface area (Å²) in [5.41, 5.74) is 6.96. The van der Waals surface area contributed by atoms with Gasteiger partial charge in [-0.05, 0) is 32.6 Å². The average Bonchev–Trinajstić information content (AvgIpc) is 3.19. The van der Waals surface area contributed by atoms with Gasteiger partial charge in [0.25, 0.3) is 0 Å². The molecule has 1 aliphatic heterocycles. The highest BCUT2D eigenvalue weighted by molar-refractivity contribution is 5.56. The van der Waals surface area contributed by atoms with Gasteiger partial charge in [0.15, 0.2) is 0 Å². The Bertz CT molecular complexity index is 461. The molecule has 1 aromatic rings. The second-order valence-corrected chi connectivity index (χ2v) is 5.84. The van der Waals surface area contributed by atoms with E-state index in [2.05, 4.69) is 19.8 Å². The summed E-state index contributed by atoms with van der Waals surface area (Å²) in [4.78, 5) is 13.7. The Morgan fingerprint density at radius 3 is 2.42 bits per heavy atom. The number of hydrogen-bond donors (Lipinski definition) is 1. The standard InChI is InChI=1S/C14H23N5/c1-10-13(15)16-11(2)17-14(10)19-7-5-18(6-8-19)9-12-3-4-12/h12H,3-9H2,1-2H3,(H2,15,16,17). The lowest BCUT2D eigenvalue weighted by Crippen LogP contribution is -2.47. The molecule has 0 aromatic carbocycles. The second kappa shape index (κ2) is 4.96. The number of nitrogen functional groups attached to an aromatic ring is 1. The van der Waals surface area contributed by atoms with Crippen LogP contribution in [0, 0.1) is 19.8 Å². The molecule has 1 saturated heterocycles. The normalized spacial score (nSPS) is 20.8. The zero-order valence-corrected chi connectivity index (χ0v) is 11.9. The number of aryl methyl sites for hydroxylation is 1. The largest absolute Gasteiger partial charge is 0.383 e. The Hall–Kier alpha value is -1.36. The maximum Gasteiger partial charge on any atom is 0.137 e. The third-order valence-corrected chi connectivity index (χ3v) is 4.15. The van der Waals surface area contributed by atoms with Crippen molar-refractivity contribution in [2.75, 3.05) is 43.4 Å². The smallest absolute Gasteiger partial charge is 0.137 e. The quantitative estimate of drug-likeness (QED) is 0.886. The van der Waals surface area contributed by atoms with Gasteiger partial charge in [0, 0.05) is 38.3 Å². The molecule has 104 valence electrons. The monoisotopic (exact) mass is 261 g/mol. The van der Waals surface area contributed by atoms with E-state index in [0.29, 0.717) is 5.82 Å². The molecule has 0 amide bonds. The molecule has 0 unspecified atom stereocenters. The molecule has 1 aromatic heterocycles. The number of hydrogen-bond acceptors (Lipinski definition) is 5. The number of aromatic nitrogens is 2. The lowest BCUT2D eigenvalue weighted by Gasteiger charge is -2.36. The summed E-state index contributed by atoms with van der Waals surface area (Å²) in [5.74, 6) is 3.38. The van der Waals surface area contributed by atoms with Crippen LogP contribution in [0.25, 0.3) is 0 Å². The molecule has 0 spiro atoms. The first-order valence-corrected chi connectivity index (χ1v) is 7.21. The second-order valence-electron chi connectivity index (χ2n) is 5.84. The molecule has 2 heterocycles. The summed E-state index contributed by atoms with van der Waals surface area (Å²) in [6.45, 7) is 9.58. The van der Waals surface area contributed by atoms with Gasteiger partial charge in [-0.1, -0.05) is 0 Å². The van der Waals surface area contributed by atoms with Crippen LogP contribution in [0.2, 0.25) is 0 Å². The van der Waals surface area contributed by atoms with Crippen LogP contribution in [-0.4, -0.2) is 47.6 Å². The van der Waals surface area contributed by atoms with Crippen LogP contribution >= 0.6 is 0 Å². The van der Waals surface area contributed by atoms with Crippen LogP contribution in [0.1, 0.15) is 24.2 Å². The molecule has 2 aliphatic rings. The van der Waals surface area contributed by atoms with E-state index >= 15 is 0 Å². The molecule has 1 saturated carbocycles. The Labute approximate surface area is 114 Å². The average molecular weight is 261 g/mol. The number of rotatable bonds is 3. The van der Waals surface area contributed by atoms with Crippen molar-refractivity contribution < 1.29 is 0 Å². The van der Waals surface area contributed by atoms with Gasteiger partial charge < -0.3 is 10.6 Å². The van der Waals surface area contributed by atoms with E-state index in [1.807, 2.05) is 13.8 Å². The van der Waals surface area contributed by atoms with E-state index in [1.54, 1.807) is 0 Å². The number of anilines is 2. The van der Waals surface area contributed by atoms with Crippen molar-refractivity contribution in [3.8, 4) is 0 Å². The predicted octanol–water partition coefficient (Wildman–Crippen LogP) is 1.21. The van der Waals surface area contributed by atoms with E-state index in [9.17, 15) is 0 Å². The lowest BCUT2D eigenvalue weighted by molar-refractivity contribution is 0.247. The van der Waals surface area contributed by atoms with E-state index < -0.39 is 0 Å². The van der Waals surface area contributed by atoms with Crippen LogP contribution in [0.15, 0.2) is 0 Å². The molecule has 5 heteroatoms. The molecule has 19 heavy (non-hydrogen) atoms. The summed E-state index contributed by atoms with van der Waals surface area (Å²) < 4.78 is 0. The first-order chi connectivity index (χ1) is 9.13. The van der Waals surface area contributed by atoms with Gasteiger partial charge in [0.05, 0.1) is 0 Å².